The first-order valence-corrected chi connectivity index (χ1v) is 11.1. The minimum atomic E-state index is -0.752. The Morgan fingerprint density at radius 3 is 2.58 bits per heavy atom. The van der Waals surface area contributed by atoms with Crippen LogP contribution in [-0.4, -0.2) is 45.9 Å². The van der Waals surface area contributed by atoms with E-state index in [0.29, 0.717) is 29.3 Å². The highest BCUT2D eigenvalue weighted by molar-refractivity contribution is 6.03. The zero-order valence-corrected chi connectivity index (χ0v) is 19.2. The van der Waals surface area contributed by atoms with Gasteiger partial charge in [0.15, 0.2) is 12.3 Å². The molecule has 0 radical (unpaired) electrons. The van der Waals surface area contributed by atoms with E-state index in [4.69, 9.17) is 13.9 Å². The fourth-order valence-electron chi connectivity index (χ4n) is 3.92. The number of imidazole rings is 1. The molecular weight excluding hydrogens is 467 g/mol. The Kier molecular flexibility index (Phi) is 6.31. The standard InChI is InChI=1S/C26H21FN4O5/c1-34-20-10-4-17(5-11-20)21-13-22(24-3-2-12-35-24)31(29-21)25(32)15-36-26(33)23-14-28-16-30(23)19-8-6-18(27)7-9-19/h2-12,14,16,22H,13,15H2,1H3. The predicted molar refractivity (Wildman–Crippen MR) is 126 cm³/mol. The van der Waals surface area contributed by atoms with Crippen LogP contribution < -0.4 is 4.74 Å². The minimum Gasteiger partial charge on any atom is -0.497 e. The fourth-order valence-corrected chi connectivity index (χ4v) is 3.92. The molecule has 2 aromatic carbocycles. The molecule has 0 spiro atoms. The summed E-state index contributed by atoms with van der Waals surface area (Å²) in [5, 5.41) is 5.80. The number of halogens is 1. The molecule has 1 atom stereocenters. The maximum Gasteiger partial charge on any atom is 0.357 e. The smallest absolute Gasteiger partial charge is 0.357 e. The number of hydrogen-bond donors (Lipinski definition) is 0. The Labute approximate surface area is 205 Å². The van der Waals surface area contributed by atoms with Gasteiger partial charge in [-0.1, -0.05) is 0 Å². The highest BCUT2D eigenvalue weighted by atomic mass is 19.1. The summed E-state index contributed by atoms with van der Waals surface area (Å²) in [6, 6.07) is 15.9. The van der Waals surface area contributed by atoms with Gasteiger partial charge in [-0.3, -0.25) is 9.36 Å². The van der Waals surface area contributed by atoms with Crippen molar-refractivity contribution in [2.24, 2.45) is 5.10 Å². The molecule has 10 heteroatoms. The van der Waals surface area contributed by atoms with Crippen LogP contribution in [0.1, 0.15) is 34.3 Å². The summed E-state index contributed by atoms with van der Waals surface area (Å²) in [7, 11) is 1.59. The van der Waals surface area contributed by atoms with Crippen molar-refractivity contribution in [3.63, 3.8) is 0 Å². The molecule has 1 amide bonds. The van der Waals surface area contributed by atoms with E-state index in [9.17, 15) is 14.0 Å². The zero-order chi connectivity index (χ0) is 25.1. The van der Waals surface area contributed by atoms with E-state index in [1.165, 1.54) is 52.6 Å². The van der Waals surface area contributed by atoms with Crippen LogP contribution in [0.2, 0.25) is 0 Å². The molecule has 0 bridgehead atoms. The number of hydrogen-bond acceptors (Lipinski definition) is 7. The second kappa shape index (κ2) is 9.87. The summed E-state index contributed by atoms with van der Waals surface area (Å²) >= 11 is 0. The lowest BCUT2D eigenvalue weighted by Crippen LogP contribution is -2.31. The second-order valence-corrected chi connectivity index (χ2v) is 7.95. The van der Waals surface area contributed by atoms with Crippen LogP contribution in [0.5, 0.6) is 5.75 Å². The van der Waals surface area contributed by atoms with E-state index in [0.717, 1.165) is 5.56 Å². The average Bonchev–Trinajstić information content (AvgIpc) is 3.68. The van der Waals surface area contributed by atoms with Crippen molar-refractivity contribution in [3.05, 3.63) is 102 Å². The third kappa shape index (κ3) is 4.61. The molecule has 3 heterocycles. The highest BCUT2D eigenvalue weighted by Crippen LogP contribution is 2.33. The topological polar surface area (TPSA) is 99.2 Å². The van der Waals surface area contributed by atoms with Crippen molar-refractivity contribution >= 4 is 17.6 Å². The molecule has 5 rings (SSSR count). The predicted octanol–water partition coefficient (Wildman–Crippen LogP) is 4.15. The van der Waals surface area contributed by atoms with Gasteiger partial charge < -0.3 is 13.9 Å². The number of amides is 1. The molecule has 182 valence electrons. The number of methoxy groups -OCH3 is 1. The van der Waals surface area contributed by atoms with E-state index >= 15 is 0 Å². The van der Waals surface area contributed by atoms with Gasteiger partial charge in [-0.25, -0.2) is 19.2 Å². The number of ether oxygens (including phenoxy) is 2. The Balaban J connectivity index is 1.32. The molecule has 1 unspecified atom stereocenters. The van der Waals surface area contributed by atoms with Crippen molar-refractivity contribution in [3.8, 4) is 11.4 Å². The van der Waals surface area contributed by atoms with Crippen molar-refractivity contribution in [2.45, 2.75) is 12.5 Å². The van der Waals surface area contributed by atoms with Crippen molar-refractivity contribution in [1.29, 1.82) is 0 Å². The van der Waals surface area contributed by atoms with E-state index in [-0.39, 0.29) is 5.69 Å². The van der Waals surface area contributed by atoms with Crippen LogP contribution in [0, 0.1) is 5.82 Å². The Hall–Kier alpha value is -4.73. The van der Waals surface area contributed by atoms with Gasteiger partial charge in [-0.2, -0.15) is 5.10 Å². The molecule has 36 heavy (non-hydrogen) atoms. The third-order valence-electron chi connectivity index (χ3n) is 5.74. The molecular formula is C26H21FN4O5. The van der Waals surface area contributed by atoms with Crippen LogP contribution in [-0.2, 0) is 9.53 Å². The van der Waals surface area contributed by atoms with Gasteiger partial charge in [0.25, 0.3) is 5.91 Å². The van der Waals surface area contributed by atoms with Crippen LogP contribution in [0.3, 0.4) is 0 Å². The van der Waals surface area contributed by atoms with E-state index in [1.54, 1.807) is 19.2 Å². The molecule has 1 aliphatic heterocycles. The number of nitrogens with zero attached hydrogens (tertiary/aromatic N) is 4. The average molecular weight is 488 g/mol. The van der Waals surface area contributed by atoms with Gasteiger partial charge in [0.1, 0.15) is 23.4 Å². The second-order valence-electron chi connectivity index (χ2n) is 7.95. The number of aromatic nitrogens is 2. The number of benzene rings is 2. The van der Waals surface area contributed by atoms with Gasteiger partial charge in [-0.05, 0) is 66.2 Å². The Bertz CT molecular complexity index is 1400. The Morgan fingerprint density at radius 2 is 1.89 bits per heavy atom. The first kappa shape index (κ1) is 23.0. The maximum atomic E-state index is 13.3. The largest absolute Gasteiger partial charge is 0.497 e. The van der Waals surface area contributed by atoms with Crippen molar-refractivity contribution in [1.82, 2.24) is 14.6 Å². The quantitative estimate of drug-likeness (QED) is 0.363. The van der Waals surface area contributed by atoms with Gasteiger partial charge in [0, 0.05) is 12.1 Å². The van der Waals surface area contributed by atoms with Crippen LogP contribution in [0.25, 0.3) is 5.69 Å². The van der Waals surface area contributed by atoms with Gasteiger partial charge in [0.2, 0.25) is 0 Å². The number of carbonyl (C=O) groups is 2. The lowest BCUT2D eigenvalue weighted by atomic mass is 10.0. The van der Waals surface area contributed by atoms with Crippen LogP contribution in [0.15, 0.2) is 89.0 Å². The van der Waals surface area contributed by atoms with Crippen LogP contribution in [0.4, 0.5) is 4.39 Å². The minimum absolute atomic E-state index is 0.0980. The number of furan rings is 1. The summed E-state index contributed by atoms with van der Waals surface area (Å²) in [5.74, 6) is -0.393. The zero-order valence-electron chi connectivity index (χ0n) is 19.2. The maximum absolute atomic E-state index is 13.3. The highest BCUT2D eigenvalue weighted by Gasteiger charge is 2.35. The molecule has 2 aromatic heterocycles. The van der Waals surface area contributed by atoms with Gasteiger partial charge >= 0.3 is 5.97 Å². The monoisotopic (exact) mass is 488 g/mol. The summed E-state index contributed by atoms with van der Waals surface area (Å²) in [6.45, 7) is -0.538. The summed E-state index contributed by atoms with van der Waals surface area (Å²) in [5.41, 5.74) is 2.15. The van der Waals surface area contributed by atoms with Crippen molar-refractivity contribution in [2.75, 3.05) is 13.7 Å². The normalized spacial score (nSPS) is 15.0. The number of rotatable bonds is 7. The molecule has 1 aliphatic rings. The van der Waals surface area contributed by atoms with Gasteiger partial charge in [0.05, 0.1) is 31.6 Å². The summed E-state index contributed by atoms with van der Waals surface area (Å²) < 4.78 is 30.8. The van der Waals surface area contributed by atoms with E-state index < -0.39 is 30.3 Å². The molecule has 0 saturated carbocycles. The molecule has 0 saturated heterocycles. The van der Waals surface area contributed by atoms with Crippen LogP contribution >= 0.6 is 0 Å². The third-order valence-corrected chi connectivity index (χ3v) is 5.74. The molecule has 0 N–H and O–H groups in total. The number of esters is 1. The molecule has 9 nitrogen and oxygen atoms in total. The molecule has 0 aliphatic carbocycles. The lowest BCUT2D eigenvalue weighted by Gasteiger charge is -2.19. The molecule has 0 fully saturated rings. The number of carbonyl (C=O) groups excluding carboxylic acids is 2. The summed E-state index contributed by atoms with van der Waals surface area (Å²) in [4.78, 5) is 29.8. The SMILES string of the molecule is COc1ccc(C2=NN(C(=O)COC(=O)c3cncn3-c3ccc(F)cc3)C(c3ccco3)C2)cc1. The van der Waals surface area contributed by atoms with Gasteiger partial charge in [-0.15, -0.1) is 0 Å². The number of hydrazone groups is 1. The fraction of sp³-hybridized carbons (Fsp3) is 0.154. The Morgan fingerprint density at radius 1 is 1.11 bits per heavy atom. The lowest BCUT2D eigenvalue weighted by molar-refractivity contribution is -0.136. The van der Waals surface area contributed by atoms with Crippen molar-refractivity contribution < 1.29 is 27.9 Å². The summed E-state index contributed by atoms with van der Waals surface area (Å²) in [6.07, 6.45) is 4.68. The first-order chi connectivity index (χ1) is 17.5. The first-order valence-electron chi connectivity index (χ1n) is 11.1. The molecule has 4 aromatic rings. The van der Waals surface area contributed by atoms with E-state index in [1.807, 2.05) is 24.3 Å². The van der Waals surface area contributed by atoms with E-state index in [2.05, 4.69) is 10.1 Å².